The summed E-state index contributed by atoms with van der Waals surface area (Å²) in [6.07, 6.45) is -2.26. The molecule has 0 heterocycles. The van der Waals surface area contributed by atoms with Crippen LogP contribution in [-0.2, 0) is 14.3 Å². The summed E-state index contributed by atoms with van der Waals surface area (Å²) in [7, 11) is 1.33. The second-order valence-electron chi connectivity index (χ2n) is 3.28. The Labute approximate surface area is 94.0 Å². The molecule has 0 aliphatic heterocycles. The zero-order valence-corrected chi connectivity index (χ0v) is 9.37. The predicted octanol–water partition coefficient (Wildman–Crippen LogP) is -2.18. The second-order valence-corrected chi connectivity index (χ2v) is 3.28. The molecule has 0 rings (SSSR count). The number of methoxy groups -OCH3 is 1. The molecule has 0 spiro atoms. The van der Waals surface area contributed by atoms with E-state index in [1.54, 1.807) is 0 Å². The van der Waals surface area contributed by atoms with Crippen molar-refractivity contribution < 1.29 is 29.6 Å². The summed E-state index contributed by atoms with van der Waals surface area (Å²) in [6.45, 7) is 0.681. The molecular weight excluding hydrogens is 218 g/mol. The summed E-state index contributed by atoms with van der Waals surface area (Å²) < 4.78 is 10.1. The Bertz CT molecular complexity index is 189. The maximum atomic E-state index is 10.3. The molecule has 1 amide bonds. The lowest BCUT2D eigenvalue weighted by Gasteiger charge is -2.28. The SMILES string of the molecule is COC(OC(CO)C(C)O)C(CO)NC=O. The average molecular weight is 237 g/mol. The van der Waals surface area contributed by atoms with Gasteiger partial charge in [0, 0.05) is 7.11 Å². The first kappa shape index (κ1) is 15.3. The van der Waals surface area contributed by atoms with Crippen molar-refractivity contribution in [2.75, 3.05) is 20.3 Å². The van der Waals surface area contributed by atoms with Crippen molar-refractivity contribution in [2.24, 2.45) is 0 Å². The van der Waals surface area contributed by atoms with Gasteiger partial charge in [0.2, 0.25) is 6.41 Å². The number of carbonyl (C=O) groups excluding carboxylic acids is 1. The first-order valence-electron chi connectivity index (χ1n) is 4.88. The minimum Gasteiger partial charge on any atom is -0.394 e. The third-order valence-electron chi connectivity index (χ3n) is 2.07. The van der Waals surface area contributed by atoms with Gasteiger partial charge in [0.05, 0.1) is 19.3 Å². The molecule has 0 aliphatic carbocycles. The van der Waals surface area contributed by atoms with E-state index in [1.165, 1.54) is 14.0 Å². The topological polar surface area (TPSA) is 108 Å². The molecule has 0 radical (unpaired) electrons. The van der Waals surface area contributed by atoms with Crippen LogP contribution in [-0.4, -0.2) is 66.6 Å². The predicted molar refractivity (Wildman–Crippen MR) is 54.5 cm³/mol. The first-order chi connectivity index (χ1) is 7.60. The molecule has 0 aliphatic rings. The summed E-state index contributed by atoms with van der Waals surface area (Å²) in [5.74, 6) is 0. The Morgan fingerprint density at radius 3 is 2.31 bits per heavy atom. The maximum Gasteiger partial charge on any atom is 0.207 e. The Balaban J connectivity index is 4.39. The van der Waals surface area contributed by atoms with E-state index in [4.69, 9.17) is 19.7 Å². The molecule has 0 saturated heterocycles. The second kappa shape index (κ2) is 8.43. The number of aliphatic hydroxyl groups is 3. The first-order valence-corrected chi connectivity index (χ1v) is 4.88. The Morgan fingerprint density at radius 1 is 1.38 bits per heavy atom. The van der Waals surface area contributed by atoms with Crippen LogP contribution < -0.4 is 5.32 Å². The van der Waals surface area contributed by atoms with Crippen LogP contribution in [0.15, 0.2) is 0 Å². The summed E-state index contributed by atoms with van der Waals surface area (Å²) in [4.78, 5) is 10.3. The molecule has 0 aromatic rings. The number of amides is 1. The highest BCUT2D eigenvalue weighted by Crippen LogP contribution is 2.07. The normalized spacial score (nSPS) is 18.6. The molecule has 0 bridgehead atoms. The van der Waals surface area contributed by atoms with Crippen LogP contribution in [0, 0.1) is 0 Å². The van der Waals surface area contributed by atoms with Gasteiger partial charge in [-0.15, -0.1) is 0 Å². The van der Waals surface area contributed by atoms with E-state index in [0.717, 1.165) is 0 Å². The van der Waals surface area contributed by atoms with Crippen LogP contribution >= 0.6 is 0 Å². The quantitative estimate of drug-likeness (QED) is 0.268. The highest BCUT2D eigenvalue weighted by molar-refractivity contribution is 5.46. The van der Waals surface area contributed by atoms with E-state index in [1.807, 2.05) is 0 Å². The van der Waals surface area contributed by atoms with Crippen LogP contribution in [0.25, 0.3) is 0 Å². The third-order valence-corrected chi connectivity index (χ3v) is 2.07. The zero-order valence-electron chi connectivity index (χ0n) is 9.37. The number of ether oxygens (including phenoxy) is 2. The monoisotopic (exact) mass is 237 g/mol. The van der Waals surface area contributed by atoms with Crippen molar-refractivity contribution in [1.82, 2.24) is 5.32 Å². The van der Waals surface area contributed by atoms with Gasteiger partial charge in [0.15, 0.2) is 6.29 Å². The lowest BCUT2D eigenvalue weighted by atomic mass is 10.2. The van der Waals surface area contributed by atoms with Crippen molar-refractivity contribution in [1.29, 1.82) is 0 Å². The zero-order chi connectivity index (χ0) is 12.6. The fourth-order valence-electron chi connectivity index (χ4n) is 1.10. The minimum atomic E-state index is -0.943. The van der Waals surface area contributed by atoms with Gasteiger partial charge >= 0.3 is 0 Å². The molecule has 0 fully saturated rings. The summed E-state index contributed by atoms with van der Waals surface area (Å²) in [5.41, 5.74) is 0. The molecule has 4 unspecified atom stereocenters. The molecule has 0 aromatic heterocycles. The minimum absolute atomic E-state index is 0.380. The molecule has 4 N–H and O–H groups in total. The Kier molecular flexibility index (Phi) is 8.04. The van der Waals surface area contributed by atoms with Crippen LogP contribution in [0.1, 0.15) is 6.92 Å². The maximum absolute atomic E-state index is 10.3. The Morgan fingerprint density at radius 2 is 2.00 bits per heavy atom. The van der Waals surface area contributed by atoms with Gasteiger partial charge in [-0.1, -0.05) is 0 Å². The van der Waals surface area contributed by atoms with Gasteiger partial charge in [0.1, 0.15) is 12.1 Å². The van der Waals surface area contributed by atoms with Gasteiger partial charge in [-0.25, -0.2) is 0 Å². The lowest BCUT2D eigenvalue weighted by Crippen LogP contribution is -2.48. The van der Waals surface area contributed by atoms with E-state index in [2.05, 4.69) is 5.32 Å². The number of hydrogen-bond acceptors (Lipinski definition) is 6. The number of carbonyl (C=O) groups is 1. The lowest BCUT2D eigenvalue weighted by molar-refractivity contribution is -0.202. The van der Waals surface area contributed by atoms with E-state index < -0.39 is 31.1 Å². The van der Waals surface area contributed by atoms with Gasteiger partial charge in [-0.05, 0) is 6.92 Å². The fourth-order valence-corrected chi connectivity index (χ4v) is 1.10. The van der Waals surface area contributed by atoms with Gasteiger partial charge < -0.3 is 30.1 Å². The van der Waals surface area contributed by atoms with Crippen molar-refractivity contribution in [2.45, 2.75) is 31.5 Å². The van der Waals surface area contributed by atoms with E-state index >= 15 is 0 Å². The van der Waals surface area contributed by atoms with Crippen LogP contribution in [0.3, 0.4) is 0 Å². The molecule has 0 saturated carbocycles. The number of rotatable bonds is 9. The smallest absolute Gasteiger partial charge is 0.207 e. The molecule has 7 nitrogen and oxygen atoms in total. The van der Waals surface area contributed by atoms with Crippen molar-refractivity contribution in [3.05, 3.63) is 0 Å². The van der Waals surface area contributed by atoms with Crippen LogP contribution in [0.4, 0.5) is 0 Å². The number of aliphatic hydroxyl groups excluding tert-OH is 3. The standard InChI is InChI=1S/C9H19NO6/c1-6(14)8(4-12)16-9(15-2)7(3-11)10-5-13/h5-9,11-12,14H,3-4H2,1-2H3,(H,10,13). The molecule has 7 heteroatoms. The van der Waals surface area contributed by atoms with Crippen molar-refractivity contribution in [3.8, 4) is 0 Å². The molecular formula is C9H19NO6. The number of hydrogen-bond donors (Lipinski definition) is 4. The van der Waals surface area contributed by atoms with E-state index in [-0.39, 0.29) is 6.61 Å². The van der Waals surface area contributed by atoms with Gasteiger partial charge in [-0.2, -0.15) is 0 Å². The summed E-state index contributed by atoms with van der Waals surface area (Å²) in [6, 6.07) is -0.754. The Hall–Kier alpha value is -0.730. The average Bonchev–Trinajstić information content (AvgIpc) is 2.28. The van der Waals surface area contributed by atoms with Gasteiger partial charge in [0.25, 0.3) is 0 Å². The van der Waals surface area contributed by atoms with Crippen LogP contribution in [0.2, 0.25) is 0 Å². The third kappa shape index (κ3) is 4.86. The molecule has 4 atom stereocenters. The molecule has 0 aromatic carbocycles. The fraction of sp³-hybridized carbons (Fsp3) is 0.889. The van der Waals surface area contributed by atoms with E-state index in [0.29, 0.717) is 6.41 Å². The molecule has 96 valence electrons. The highest BCUT2D eigenvalue weighted by atomic mass is 16.7. The highest BCUT2D eigenvalue weighted by Gasteiger charge is 2.26. The van der Waals surface area contributed by atoms with Gasteiger partial charge in [-0.3, -0.25) is 4.79 Å². The summed E-state index contributed by atoms with van der Waals surface area (Å²) >= 11 is 0. The largest absolute Gasteiger partial charge is 0.394 e. The van der Waals surface area contributed by atoms with Crippen molar-refractivity contribution >= 4 is 6.41 Å². The number of nitrogens with one attached hydrogen (secondary N) is 1. The van der Waals surface area contributed by atoms with E-state index in [9.17, 15) is 9.90 Å². The van der Waals surface area contributed by atoms with Crippen LogP contribution in [0.5, 0.6) is 0 Å². The van der Waals surface area contributed by atoms with Crippen molar-refractivity contribution in [3.63, 3.8) is 0 Å². The molecule has 16 heavy (non-hydrogen) atoms. The summed E-state index contributed by atoms with van der Waals surface area (Å²) in [5, 5.41) is 29.5.